The van der Waals surface area contributed by atoms with Gasteiger partial charge in [0.2, 0.25) is 0 Å². The fourth-order valence-corrected chi connectivity index (χ4v) is 3.76. The molecule has 0 spiro atoms. The standard InChI is InChI=1S/C24H34N6O2/c1-29(2)14-15-30(24(32)27-19-8-4-3-5-9-19)17-18-12-13-22(26-16-18)23(31)28-21-11-7-6-10-20(21)25/h6-7,10-13,16,19H,3-5,8-9,14-15,17,25H2,1-2H3,(H,27,32)(H,28,31). The van der Waals surface area contributed by atoms with E-state index in [9.17, 15) is 9.59 Å². The fourth-order valence-electron chi connectivity index (χ4n) is 3.76. The predicted molar refractivity (Wildman–Crippen MR) is 127 cm³/mol. The Morgan fingerprint density at radius 2 is 1.81 bits per heavy atom. The van der Waals surface area contributed by atoms with Crippen molar-refractivity contribution in [2.24, 2.45) is 0 Å². The van der Waals surface area contributed by atoms with E-state index < -0.39 is 0 Å². The molecule has 1 fully saturated rings. The lowest BCUT2D eigenvalue weighted by Gasteiger charge is -2.29. The van der Waals surface area contributed by atoms with Gasteiger partial charge in [0.15, 0.2) is 0 Å². The highest BCUT2D eigenvalue weighted by atomic mass is 16.2. The lowest BCUT2D eigenvalue weighted by molar-refractivity contribution is 0.102. The molecule has 1 saturated carbocycles. The molecule has 0 atom stereocenters. The molecule has 3 amide bonds. The van der Waals surface area contributed by atoms with Crippen molar-refractivity contribution in [1.82, 2.24) is 20.1 Å². The monoisotopic (exact) mass is 438 g/mol. The number of aromatic nitrogens is 1. The molecule has 2 aromatic rings. The van der Waals surface area contributed by atoms with Crippen LogP contribution in [0.2, 0.25) is 0 Å². The lowest BCUT2D eigenvalue weighted by atomic mass is 9.96. The molecule has 4 N–H and O–H groups in total. The summed E-state index contributed by atoms with van der Waals surface area (Å²) in [6.45, 7) is 1.82. The van der Waals surface area contributed by atoms with Gasteiger partial charge in [0.25, 0.3) is 5.91 Å². The second-order valence-electron chi connectivity index (χ2n) is 8.60. The smallest absolute Gasteiger partial charge is 0.317 e. The van der Waals surface area contributed by atoms with Crippen molar-refractivity contribution in [2.45, 2.75) is 44.7 Å². The summed E-state index contributed by atoms with van der Waals surface area (Å²) in [4.78, 5) is 33.6. The first-order valence-electron chi connectivity index (χ1n) is 11.2. The molecule has 0 unspecified atom stereocenters. The van der Waals surface area contributed by atoms with Crippen LogP contribution in [0.25, 0.3) is 0 Å². The van der Waals surface area contributed by atoms with E-state index in [0.717, 1.165) is 24.9 Å². The Hall–Kier alpha value is -3.13. The zero-order valence-corrected chi connectivity index (χ0v) is 19.0. The van der Waals surface area contributed by atoms with E-state index in [1.165, 1.54) is 19.3 Å². The van der Waals surface area contributed by atoms with Crippen molar-refractivity contribution in [3.8, 4) is 0 Å². The third-order valence-electron chi connectivity index (χ3n) is 5.68. The molecule has 0 bridgehead atoms. The number of likely N-dealkylation sites (N-methyl/N-ethyl adjacent to an activating group) is 1. The van der Waals surface area contributed by atoms with Crippen LogP contribution in [0.1, 0.15) is 48.2 Å². The van der Waals surface area contributed by atoms with E-state index in [2.05, 4.69) is 20.5 Å². The highest BCUT2D eigenvalue weighted by molar-refractivity contribution is 6.04. The Labute approximate surface area is 190 Å². The maximum atomic E-state index is 12.9. The number of nitrogens with zero attached hydrogens (tertiary/aromatic N) is 3. The molecular formula is C24H34N6O2. The zero-order chi connectivity index (χ0) is 22.9. The van der Waals surface area contributed by atoms with Gasteiger partial charge >= 0.3 is 6.03 Å². The highest BCUT2D eigenvalue weighted by Gasteiger charge is 2.20. The molecule has 1 aliphatic carbocycles. The Morgan fingerprint density at radius 1 is 1.06 bits per heavy atom. The van der Waals surface area contributed by atoms with Gasteiger partial charge in [-0.2, -0.15) is 0 Å². The molecule has 1 aliphatic rings. The minimum absolute atomic E-state index is 0.0416. The second kappa shape index (κ2) is 11.5. The predicted octanol–water partition coefficient (Wildman–Crippen LogP) is 3.32. The van der Waals surface area contributed by atoms with E-state index in [0.29, 0.717) is 30.2 Å². The van der Waals surface area contributed by atoms with Crippen LogP contribution in [-0.4, -0.2) is 59.9 Å². The third kappa shape index (κ3) is 6.95. The number of nitrogen functional groups attached to an aromatic ring is 1. The molecule has 1 aromatic heterocycles. The van der Waals surface area contributed by atoms with Crippen molar-refractivity contribution in [3.05, 3.63) is 53.9 Å². The maximum absolute atomic E-state index is 12.9. The number of benzene rings is 1. The molecule has 32 heavy (non-hydrogen) atoms. The molecule has 0 aliphatic heterocycles. The first-order valence-corrected chi connectivity index (χ1v) is 11.2. The van der Waals surface area contributed by atoms with E-state index in [4.69, 9.17) is 5.73 Å². The van der Waals surface area contributed by atoms with Crippen LogP contribution in [0.15, 0.2) is 42.6 Å². The molecule has 3 rings (SSSR count). The van der Waals surface area contributed by atoms with Crippen molar-refractivity contribution in [3.63, 3.8) is 0 Å². The molecule has 8 heteroatoms. The summed E-state index contributed by atoms with van der Waals surface area (Å²) in [5, 5.41) is 5.97. The summed E-state index contributed by atoms with van der Waals surface area (Å²) in [6.07, 6.45) is 7.34. The van der Waals surface area contributed by atoms with Crippen LogP contribution >= 0.6 is 0 Å². The molecule has 1 aromatic carbocycles. The first-order chi connectivity index (χ1) is 15.4. The Kier molecular flexibility index (Phi) is 8.44. The van der Waals surface area contributed by atoms with Crippen molar-refractivity contribution < 1.29 is 9.59 Å². The number of pyridine rings is 1. The SMILES string of the molecule is CN(C)CCN(Cc1ccc(C(=O)Nc2ccccc2N)nc1)C(=O)NC1CCCCC1. The molecule has 0 saturated heterocycles. The minimum Gasteiger partial charge on any atom is -0.397 e. The minimum atomic E-state index is -0.325. The van der Waals surface area contributed by atoms with E-state index in [-0.39, 0.29) is 18.0 Å². The number of para-hydroxylation sites is 2. The average molecular weight is 439 g/mol. The van der Waals surface area contributed by atoms with Gasteiger partial charge in [0.05, 0.1) is 11.4 Å². The van der Waals surface area contributed by atoms with Crippen LogP contribution in [0.5, 0.6) is 0 Å². The molecular weight excluding hydrogens is 404 g/mol. The van der Waals surface area contributed by atoms with Gasteiger partial charge < -0.3 is 26.2 Å². The van der Waals surface area contributed by atoms with Gasteiger partial charge in [-0.3, -0.25) is 9.78 Å². The number of hydrogen-bond acceptors (Lipinski definition) is 5. The number of rotatable bonds is 8. The largest absolute Gasteiger partial charge is 0.397 e. The molecule has 172 valence electrons. The van der Waals surface area contributed by atoms with Gasteiger partial charge in [0.1, 0.15) is 5.69 Å². The van der Waals surface area contributed by atoms with Crippen LogP contribution in [0, 0.1) is 0 Å². The number of urea groups is 1. The summed E-state index contributed by atoms with van der Waals surface area (Å²) in [6, 6.07) is 10.8. The van der Waals surface area contributed by atoms with Crippen LogP contribution in [0.4, 0.5) is 16.2 Å². The number of hydrogen-bond donors (Lipinski definition) is 3. The van der Waals surface area contributed by atoms with Crippen molar-refractivity contribution >= 4 is 23.3 Å². The lowest BCUT2D eigenvalue weighted by Crippen LogP contribution is -2.47. The Balaban J connectivity index is 1.62. The number of nitrogens with one attached hydrogen (secondary N) is 2. The van der Waals surface area contributed by atoms with Crippen LogP contribution in [-0.2, 0) is 6.54 Å². The summed E-state index contributed by atoms with van der Waals surface area (Å²) in [5.74, 6) is -0.325. The number of nitrogens with two attached hydrogens (primary N) is 1. The van der Waals surface area contributed by atoms with Gasteiger partial charge in [-0.25, -0.2) is 4.79 Å². The molecule has 8 nitrogen and oxygen atoms in total. The molecule has 1 heterocycles. The first kappa shape index (κ1) is 23.5. The number of amides is 3. The summed E-state index contributed by atoms with van der Waals surface area (Å²) in [7, 11) is 3.98. The van der Waals surface area contributed by atoms with Crippen LogP contribution in [0.3, 0.4) is 0 Å². The Morgan fingerprint density at radius 3 is 2.47 bits per heavy atom. The third-order valence-corrected chi connectivity index (χ3v) is 5.68. The summed E-state index contributed by atoms with van der Waals surface area (Å²) < 4.78 is 0. The van der Waals surface area contributed by atoms with Crippen LogP contribution < -0.4 is 16.4 Å². The average Bonchev–Trinajstić information content (AvgIpc) is 2.79. The second-order valence-corrected chi connectivity index (χ2v) is 8.60. The normalized spacial score (nSPS) is 14.2. The van der Waals surface area contributed by atoms with Crippen molar-refractivity contribution in [2.75, 3.05) is 38.2 Å². The number of anilines is 2. The molecule has 0 radical (unpaired) electrons. The van der Waals surface area contributed by atoms with E-state index in [1.807, 2.05) is 37.2 Å². The van der Waals surface area contributed by atoms with Gasteiger partial charge in [-0.15, -0.1) is 0 Å². The van der Waals surface area contributed by atoms with Gasteiger partial charge in [-0.1, -0.05) is 37.5 Å². The van der Waals surface area contributed by atoms with Crippen molar-refractivity contribution in [1.29, 1.82) is 0 Å². The quantitative estimate of drug-likeness (QED) is 0.549. The Bertz CT molecular complexity index is 894. The summed E-state index contributed by atoms with van der Waals surface area (Å²) >= 11 is 0. The van der Waals surface area contributed by atoms with Gasteiger partial charge in [-0.05, 0) is 50.7 Å². The van der Waals surface area contributed by atoms with Gasteiger partial charge in [0, 0.05) is 31.9 Å². The fraction of sp³-hybridized carbons (Fsp3) is 0.458. The maximum Gasteiger partial charge on any atom is 0.317 e. The number of carbonyl (C=O) groups excluding carboxylic acids is 2. The van der Waals surface area contributed by atoms with E-state index >= 15 is 0 Å². The zero-order valence-electron chi connectivity index (χ0n) is 19.0. The summed E-state index contributed by atoms with van der Waals surface area (Å²) in [5.41, 5.74) is 8.11. The number of carbonyl (C=O) groups is 2. The van der Waals surface area contributed by atoms with E-state index in [1.54, 1.807) is 24.4 Å². The topological polar surface area (TPSA) is 104 Å². The highest BCUT2D eigenvalue weighted by Crippen LogP contribution is 2.19.